The maximum Gasteiger partial charge on any atom is 0.387 e. The molecule has 2 aromatic carbocycles. The smallest absolute Gasteiger partial charge is 0.387 e. The van der Waals surface area contributed by atoms with Crippen LogP contribution in [-0.4, -0.2) is 32.0 Å². The number of benzene rings is 2. The van der Waals surface area contributed by atoms with E-state index in [9.17, 15) is 13.6 Å². The molecule has 35 heavy (non-hydrogen) atoms. The highest BCUT2D eigenvalue weighted by molar-refractivity contribution is 6.00. The predicted molar refractivity (Wildman–Crippen MR) is 126 cm³/mol. The lowest BCUT2D eigenvalue weighted by Crippen LogP contribution is -2.28. The molecule has 0 radical (unpaired) electrons. The number of aromatic nitrogens is 4. The average Bonchev–Trinajstić information content (AvgIpc) is 3.35. The largest absolute Gasteiger partial charge is 0.435 e. The molecule has 2 aliphatic heterocycles. The highest BCUT2D eigenvalue weighted by Gasteiger charge is 2.42. The molecule has 4 heterocycles. The van der Waals surface area contributed by atoms with Crippen molar-refractivity contribution >= 4 is 16.9 Å². The summed E-state index contributed by atoms with van der Waals surface area (Å²) < 4.78 is 58.7. The van der Waals surface area contributed by atoms with Crippen molar-refractivity contribution in [2.75, 3.05) is 0 Å². The summed E-state index contributed by atoms with van der Waals surface area (Å²) in [7, 11) is 0. The van der Waals surface area contributed by atoms with Crippen molar-refractivity contribution in [2.24, 2.45) is 0 Å². The number of nitrogens with one attached hydrogen (secondary N) is 1. The van der Waals surface area contributed by atoms with Crippen LogP contribution in [0.4, 0.5) is 8.78 Å². The van der Waals surface area contributed by atoms with Gasteiger partial charge in [0.15, 0.2) is 0 Å². The maximum absolute atomic E-state index is 13.5. The van der Waals surface area contributed by atoms with E-state index in [1.807, 2.05) is 42.7 Å². The van der Waals surface area contributed by atoms with Crippen molar-refractivity contribution in [3.05, 3.63) is 71.1 Å². The fourth-order valence-corrected chi connectivity index (χ4v) is 5.14. The number of rotatable bonds is 4. The van der Waals surface area contributed by atoms with Gasteiger partial charge in [0.25, 0.3) is 5.91 Å². The number of halogens is 2. The van der Waals surface area contributed by atoms with Crippen LogP contribution in [0.2, 0.25) is 0 Å². The van der Waals surface area contributed by atoms with E-state index in [2.05, 4.69) is 15.3 Å². The van der Waals surface area contributed by atoms with Gasteiger partial charge in [0, 0.05) is 33.6 Å². The zero-order valence-corrected chi connectivity index (χ0v) is 18.9. The van der Waals surface area contributed by atoms with Crippen LogP contribution in [0, 0.1) is 6.85 Å². The Balaban J connectivity index is 1.72. The Bertz CT molecular complexity index is 1580. The molecule has 178 valence electrons. The van der Waals surface area contributed by atoms with Gasteiger partial charge in [0.1, 0.15) is 17.4 Å². The lowest BCUT2D eigenvalue weighted by atomic mass is 9.87. The van der Waals surface area contributed by atoms with E-state index in [0.29, 0.717) is 29.2 Å². The van der Waals surface area contributed by atoms with Crippen molar-refractivity contribution < 1.29 is 22.4 Å². The Morgan fingerprint density at radius 2 is 2.00 bits per heavy atom. The molecule has 9 heteroatoms. The van der Waals surface area contributed by atoms with Gasteiger partial charge in [-0.2, -0.15) is 8.78 Å². The molecule has 0 fully saturated rings. The molecule has 0 aliphatic carbocycles. The van der Waals surface area contributed by atoms with Gasteiger partial charge in [0.05, 0.1) is 23.1 Å². The minimum absolute atomic E-state index is 0.0120. The second-order valence-electron chi connectivity index (χ2n) is 9.06. The van der Waals surface area contributed by atoms with Crippen LogP contribution in [0.3, 0.4) is 0 Å². The molecule has 2 bridgehead atoms. The Kier molecular flexibility index (Phi) is 4.13. The van der Waals surface area contributed by atoms with E-state index in [4.69, 9.17) is 13.8 Å². The summed E-state index contributed by atoms with van der Waals surface area (Å²) >= 11 is 0. The van der Waals surface area contributed by atoms with Crippen LogP contribution in [0.25, 0.3) is 22.2 Å². The first-order chi connectivity index (χ1) is 18.0. The third kappa shape index (κ3) is 3.29. The number of imidazole rings is 1. The number of carbonyl (C=O) groups excluding carboxylic acids is 1. The number of hydrogen-bond acceptors (Lipinski definition) is 5. The fourth-order valence-electron chi connectivity index (χ4n) is 5.14. The van der Waals surface area contributed by atoms with Crippen molar-refractivity contribution in [3.8, 4) is 16.9 Å². The molecule has 0 unspecified atom stereocenters. The summed E-state index contributed by atoms with van der Waals surface area (Å²) in [6, 6.07) is 7.67. The number of alkyl halides is 2. The van der Waals surface area contributed by atoms with Crippen molar-refractivity contribution in [2.45, 2.75) is 51.7 Å². The van der Waals surface area contributed by atoms with Crippen LogP contribution < -0.4 is 10.1 Å². The van der Waals surface area contributed by atoms with Gasteiger partial charge in [-0.3, -0.25) is 4.79 Å². The normalized spacial score (nSPS) is 20.2. The molecular weight excluding hydrogens is 452 g/mol. The monoisotopic (exact) mass is 478 g/mol. The van der Waals surface area contributed by atoms with Gasteiger partial charge in [-0.05, 0) is 48.2 Å². The summed E-state index contributed by atoms with van der Waals surface area (Å²) in [6.45, 7) is -2.32. The Morgan fingerprint density at radius 1 is 1.23 bits per heavy atom. The summed E-state index contributed by atoms with van der Waals surface area (Å²) in [4.78, 5) is 27.0. The number of nitrogens with zero attached hydrogens (tertiary/aromatic N) is 4. The minimum Gasteiger partial charge on any atom is -0.435 e. The van der Waals surface area contributed by atoms with Crippen LogP contribution in [0.5, 0.6) is 5.75 Å². The Labute approximate surface area is 204 Å². The zero-order chi connectivity index (χ0) is 26.9. The fraction of sp³-hybridized carbons (Fsp3) is 0.308. The average molecular weight is 479 g/mol. The van der Waals surface area contributed by atoms with Crippen LogP contribution in [0.15, 0.2) is 42.7 Å². The van der Waals surface area contributed by atoms with Gasteiger partial charge in [0.2, 0.25) is 0 Å². The molecule has 4 aromatic rings. The van der Waals surface area contributed by atoms with Gasteiger partial charge in [-0.1, -0.05) is 26.0 Å². The first kappa shape index (κ1) is 18.4. The molecule has 7 nitrogen and oxygen atoms in total. The van der Waals surface area contributed by atoms with E-state index in [1.165, 1.54) is 12.4 Å². The lowest BCUT2D eigenvalue weighted by Gasteiger charge is -2.25. The molecule has 1 amide bonds. The standard InChI is InChI=1S/C26H23F2N5O2/c1-12(2)23-29-10-14(11-30-23)21-13(3)20(35-26(27)28)8-15-22(21)19-9-17(32-25(15)34)24-31-16-6-4-5-7-18(16)33(19)24/h4-8,10-12,17,19,26H,9H2,1-3H3,(H,32,34)/t17-,19-/m1/s1/i3D3. The van der Waals surface area contributed by atoms with E-state index in [0.717, 1.165) is 17.1 Å². The molecule has 2 aliphatic rings. The van der Waals surface area contributed by atoms with Gasteiger partial charge < -0.3 is 14.6 Å². The number of carbonyl (C=O) groups is 1. The first-order valence-corrected chi connectivity index (χ1v) is 11.3. The molecule has 6 rings (SSSR count). The maximum atomic E-state index is 13.5. The van der Waals surface area contributed by atoms with Gasteiger partial charge in [-0.25, -0.2) is 15.0 Å². The molecule has 1 N–H and O–H groups in total. The predicted octanol–water partition coefficient (Wildman–Crippen LogP) is 5.30. The van der Waals surface area contributed by atoms with E-state index >= 15 is 0 Å². The molecular formula is C26H23F2N5O2. The number of hydrogen-bond donors (Lipinski definition) is 1. The Hall–Kier alpha value is -3.88. The number of para-hydroxylation sites is 2. The van der Waals surface area contributed by atoms with E-state index in [-0.39, 0.29) is 17.0 Å². The zero-order valence-electron chi connectivity index (χ0n) is 21.9. The summed E-state index contributed by atoms with van der Waals surface area (Å²) in [5.41, 5.74) is 1.97. The molecule has 0 saturated carbocycles. The second kappa shape index (κ2) is 7.83. The number of fused-ring (bicyclic) bond motifs is 9. The van der Waals surface area contributed by atoms with Gasteiger partial charge in [-0.15, -0.1) is 0 Å². The Morgan fingerprint density at radius 3 is 2.71 bits per heavy atom. The molecule has 2 atom stereocenters. The van der Waals surface area contributed by atoms with E-state index < -0.39 is 42.8 Å². The third-order valence-corrected chi connectivity index (χ3v) is 6.61. The number of amides is 1. The lowest BCUT2D eigenvalue weighted by molar-refractivity contribution is -0.0503. The van der Waals surface area contributed by atoms with Crippen LogP contribution in [0.1, 0.15) is 75.5 Å². The topological polar surface area (TPSA) is 81.9 Å². The van der Waals surface area contributed by atoms with Gasteiger partial charge >= 0.3 is 6.61 Å². The van der Waals surface area contributed by atoms with Crippen LogP contribution >= 0.6 is 0 Å². The highest BCUT2D eigenvalue weighted by atomic mass is 19.3. The van der Waals surface area contributed by atoms with Crippen molar-refractivity contribution in [1.82, 2.24) is 24.8 Å². The quantitative estimate of drug-likeness (QED) is 0.430. The highest BCUT2D eigenvalue weighted by Crippen LogP contribution is 2.49. The molecule has 0 spiro atoms. The minimum atomic E-state index is -3.30. The third-order valence-electron chi connectivity index (χ3n) is 6.61. The van der Waals surface area contributed by atoms with Crippen LogP contribution in [-0.2, 0) is 0 Å². The number of ether oxygens (including phenoxy) is 1. The summed E-state index contributed by atoms with van der Waals surface area (Å²) in [5, 5.41) is 2.95. The molecule has 0 saturated heterocycles. The summed E-state index contributed by atoms with van der Waals surface area (Å²) in [5.74, 6) is 0.0963. The van der Waals surface area contributed by atoms with Crippen molar-refractivity contribution in [1.29, 1.82) is 0 Å². The first-order valence-electron chi connectivity index (χ1n) is 12.8. The molecule has 2 aromatic heterocycles. The van der Waals surface area contributed by atoms with E-state index in [1.54, 1.807) is 0 Å². The summed E-state index contributed by atoms with van der Waals surface area (Å²) in [6.07, 6.45) is 3.36. The second-order valence-corrected chi connectivity index (χ2v) is 9.06. The SMILES string of the molecule is [2H]C([2H])([2H])c1c(OC(F)F)cc2c(c1-c1cnc(C(C)C)nc1)[C@H]1C[C@@H](NC2=O)c2nc3ccccc3n21. The van der Waals surface area contributed by atoms with Crippen molar-refractivity contribution in [3.63, 3.8) is 0 Å².